The molecule has 0 aromatic carbocycles. The third-order valence-electron chi connectivity index (χ3n) is 1.93. The fourth-order valence-electron chi connectivity index (χ4n) is 1.18. The molecule has 0 saturated carbocycles. The van der Waals surface area contributed by atoms with Crippen molar-refractivity contribution in [3.8, 4) is 0 Å². The molecule has 1 atom stereocenters. The molecule has 1 aromatic heterocycles. The number of aromatic nitrogens is 2. The summed E-state index contributed by atoms with van der Waals surface area (Å²) in [4.78, 5) is 8.72. The van der Waals surface area contributed by atoms with Gasteiger partial charge in [0.25, 0.3) is 0 Å². The molecule has 72 valence electrons. The second-order valence-electron chi connectivity index (χ2n) is 3.07. The summed E-state index contributed by atoms with van der Waals surface area (Å²) in [5.41, 5.74) is 0. The van der Waals surface area contributed by atoms with Crippen LogP contribution in [-0.2, 0) is 0 Å². The van der Waals surface area contributed by atoms with Crippen molar-refractivity contribution in [3.05, 3.63) is 24.3 Å². The maximum atomic E-state index is 4.20. The normalized spacial score (nSPS) is 12.8. The van der Waals surface area contributed by atoms with Crippen molar-refractivity contribution in [2.45, 2.75) is 37.4 Å². The Morgan fingerprint density at radius 3 is 2.62 bits per heavy atom. The maximum absolute atomic E-state index is 4.20. The first-order chi connectivity index (χ1) is 6.34. The summed E-state index contributed by atoms with van der Waals surface area (Å²) < 4.78 is 0. The van der Waals surface area contributed by atoms with E-state index < -0.39 is 0 Å². The SMILES string of the molecule is CCCCCC(Br)c1ncccn1. The van der Waals surface area contributed by atoms with Crippen LogP contribution in [0.25, 0.3) is 0 Å². The van der Waals surface area contributed by atoms with Crippen LogP contribution in [0.4, 0.5) is 0 Å². The Morgan fingerprint density at radius 2 is 2.00 bits per heavy atom. The van der Waals surface area contributed by atoms with Crippen LogP contribution in [-0.4, -0.2) is 9.97 Å². The molecule has 0 amide bonds. The lowest BCUT2D eigenvalue weighted by atomic mass is 10.1. The zero-order valence-corrected chi connectivity index (χ0v) is 9.50. The molecule has 0 aliphatic rings. The number of hydrogen-bond donors (Lipinski definition) is 0. The van der Waals surface area contributed by atoms with E-state index in [-0.39, 0.29) is 0 Å². The molecule has 3 heteroatoms. The molecule has 1 rings (SSSR count). The lowest BCUT2D eigenvalue weighted by Crippen LogP contribution is -1.96. The molecule has 0 spiro atoms. The van der Waals surface area contributed by atoms with Crippen LogP contribution in [0.15, 0.2) is 18.5 Å². The van der Waals surface area contributed by atoms with Gasteiger partial charge in [-0.15, -0.1) is 0 Å². The highest BCUT2D eigenvalue weighted by molar-refractivity contribution is 9.09. The van der Waals surface area contributed by atoms with Crippen LogP contribution >= 0.6 is 15.9 Å². The number of halogens is 1. The zero-order valence-electron chi connectivity index (χ0n) is 7.91. The predicted octanol–water partition coefficient (Wildman–Crippen LogP) is 3.49. The Labute approximate surface area is 87.9 Å². The number of nitrogens with zero attached hydrogens (tertiary/aromatic N) is 2. The quantitative estimate of drug-likeness (QED) is 0.584. The Bertz CT molecular complexity index is 226. The van der Waals surface area contributed by atoms with Gasteiger partial charge in [-0.25, -0.2) is 9.97 Å². The number of unbranched alkanes of at least 4 members (excludes halogenated alkanes) is 2. The highest BCUT2D eigenvalue weighted by atomic mass is 79.9. The predicted molar refractivity (Wildman–Crippen MR) is 57.8 cm³/mol. The first kappa shape index (κ1) is 10.6. The lowest BCUT2D eigenvalue weighted by Gasteiger charge is -2.06. The first-order valence-electron chi connectivity index (χ1n) is 4.75. The Kier molecular flexibility index (Phi) is 4.98. The summed E-state index contributed by atoms with van der Waals surface area (Å²) in [7, 11) is 0. The van der Waals surface area contributed by atoms with E-state index in [4.69, 9.17) is 0 Å². The van der Waals surface area contributed by atoms with Gasteiger partial charge >= 0.3 is 0 Å². The van der Waals surface area contributed by atoms with E-state index in [0.717, 1.165) is 12.2 Å². The van der Waals surface area contributed by atoms with E-state index in [9.17, 15) is 0 Å². The standard InChI is InChI=1S/C10H15BrN2/c1-2-3-4-6-9(11)10-12-7-5-8-13-10/h5,7-9H,2-4,6H2,1H3. The molecule has 0 fully saturated rings. The van der Waals surface area contributed by atoms with Gasteiger partial charge in [-0.2, -0.15) is 0 Å². The number of alkyl halides is 1. The molecule has 1 heterocycles. The van der Waals surface area contributed by atoms with Crippen LogP contribution in [0.2, 0.25) is 0 Å². The fourth-order valence-corrected chi connectivity index (χ4v) is 1.74. The maximum Gasteiger partial charge on any atom is 0.141 e. The molecule has 13 heavy (non-hydrogen) atoms. The average Bonchev–Trinajstić information content (AvgIpc) is 2.19. The third kappa shape index (κ3) is 3.85. The topological polar surface area (TPSA) is 25.8 Å². The Morgan fingerprint density at radius 1 is 1.31 bits per heavy atom. The van der Waals surface area contributed by atoms with Crippen LogP contribution < -0.4 is 0 Å². The molecule has 0 aliphatic carbocycles. The van der Waals surface area contributed by atoms with Crippen molar-refractivity contribution in [2.24, 2.45) is 0 Å². The average molecular weight is 243 g/mol. The van der Waals surface area contributed by atoms with E-state index in [2.05, 4.69) is 32.8 Å². The van der Waals surface area contributed by atoms with Crippen LogP contribution in [0.5, 0.6) is 0 Å². The summed E-state index contributed by atoms with van der Waals surface area (Å²) >= 11 is 3.59. The van der Waals surface area contributed by atoms with E-state index >= 15 is 0 Å². The van der Waals surface area contributed by atoms with Gasteiger partial charge in [0.15, 0.2) is 0 Å². The third-order valence-corrected chi connectivity index (χ3v) is 2.79. The molecular weight excluding hydrogens is 228 g/mol. The molecule has 0 N–H and O–H groups in total. The van der Waals surface area contributed by atoms with Crippen molar-refractivity contribution in [2.75, 3.05) is 0 Å². The molecule has 0 aliphatic heterocycles. The van der Waals surface area contributed by atoms with E-state index in [1.54, 1.807) is 12.4 Å². The van der Waals surface area contributed by atoms with E-state index in [1.807, 2.05) is 6.07 Å². The van der Waals surface area contributed by atoms with Gasteiger partial charge in [-0.05, 0) is 12.5 Å². The van der Waals surface area contributed by atoms with Crippen molar-refractivity contribution < 1.29 is 0 Å². The summed E-state index contributed by atoms with van der Waals surface area (Å²) in [5.74, 6) is 0.901. The smallest absolute Gasteiger partial charge is 0.141 e. The van der Waals surface area contributed by atoms with Gasteiger partial charge in [0, 0.05) is 12.4 Å². The van der Waals surface area contributed by atoms with Crippen molar-refractivity contribution >= 4 is 15.9 Å². The minimum absolute atomic E-state index is 0.320. The van der Waals surface area contributed by atoms with Crippen molar-refractivity contribution in [3.63, 3.8) is 0 Å². The Balaban J connectivity index is 2.35. The summed E-state index contributed by atoms with van der Waals surface area (Å²) in [5, 5.41) is 0. The van der Waals surface area contributed by atoms with Gasteiger partial charge in [0.2, 0.25) is 0 Å². The summed E-state index contributed by atoms with van der Waals surface area (Å²) in [6.45, 7) is 2.21. The van der Waals surface area contributed by atoms with Gasteiger partial charge in [-0.1, -0.05) is 42.1 Å². The molecule has 0 radical (unpaired) electrons. The Hall–Kier alpha value is -0.440. The molecule has 1 unspecified atom stereocenters. The number of rotatable bonds is 5. The van der Waals surface area contributed by atoms with Gasteiger partial charge < -0.3 is 0 Å². The van der Waals surface area contributed by atoms with Crippen LogP contribution in [0.1, 0.15) is 43.3 Å². The van der Waals surface area contributed by atoms with Crippen molar-refractivity contribution in [1.82, 2.24) is 9.97 Å². The highest BCUT2D eigenvalue weighted by Gasteiger charge is 2.08. The van der Waals surface area contributed by atoms with Crippen LogP contribution in [0, 0.1) is 0 Å². The van der Waals surface area contributed by atoms with Crippen molar-refractivity contribution in [1.29, 1.82) is 0 Å². The first-order valence-corrected chi connectivity index (χ1v) is 5.67. The second-order valence-corrected chi connectivity index (χ2v) is 4.18. The van der Waals surface area contributed by atoms with E-state index in [1.165, 1.54) is 19.3 Å². The fraction of sp³-hybridized carbons (Fsp3) is 0.600. The zero-order chi connectivity index (χ0) is 9.52. The van der Waals surface area contributed by atoms with E-state index in [0.29, 0.717) is 4.83 Å². The molecular formula is C10H15BrN2. The van der Waals surface area contributed by atoms with Gasteiger partial charge in [0.1, 0.15) is 5.82 Å². The van der Waals surface area contributed by atoms with Gasteiger partial charge in [-0.3, -0.25) is 0 Å². The highest BCUT2D eigenvalue weighted by Crippen LogP contribution is 2.24. The molecule has 2 nitrogen and oxygen atoms in total. The van der Waals surface area contributed by atoms with Crippen LogP contribution in [0.3, 0.4) is 0 Å². The summed E-state index contributed by atoms with van der Waals surface area (Å²) in [6.07, 6.45) is 8.49. The lowest BCUT2D eigenvalue weighted by molar-refractivity contribution is 0.648. The monoisotopic (exact) mass is 242 g/mol. The molecule has 0 saturated heterocycles. The summed E-state index contributed by atoms with van der Waals surface area (Å²) in [6, 6.07) is 1.84. The minimum Gasteiger partial charge on any atom is -0.240 e. The second kappa shape index (κ2) is 6.08. The molecule has 0 bridgehead atoms. The van der Waals surface area contributed by atoms with Gasteiger partial charge in [0.05, 0.1) is 4.83 Å². The largest absolute Gasteiger partial charge is 0.240 e. The number of hydrogen-bond acceptors (Lipinski definition) is 2. The minimum atomic E-state index is 0.320. The molecule has 1 aromatic rings.